The lowest BCUT2D eigenvalue weighted by Crippen LogP contribution is -2.23. The molecular weight excluding hydrogens is 301 g/mol. The zero-order valence-corrected chi connectivity index (χ0v) is 11.7. The van der Waals surface area contributed by atoms with Gasteiger partial charge in [0.25, 0.3) is 9.84 Å². The number of thiol groups is 1. The molecule has 1 aromatic rings. The third-order valence-corrected chi connectivity index (χ3v) is 3.88. The molecule has 0 amide bonds. The maximum absolute atomic E-state index is 12.4. The highest BCUT2D eigenvalue weighted by atomic mass is 32.2. The third kappa shape index (κ3) is 3.47. The summed E-state index contributed by atoms with van der Waals surface area (Å²) < 4.78 is 59.9. The molecule has 108 valence electrons. The average molecular weight is 314 g/mol. The Morgan fingerprint density at radius 2 is 1.84 bits per heavy atom. The summed E-state index contributed by atoms with van der Waals surface area (Å²) in [4.78, 5) is -0.800. The lowest BCUT2D eigenvalue weighted by molar-refractivity contribution is -0.0435. The quantitative estimate of drug-likeness (QED) is 0.578. The lowest BCUT2D eigenvalue weighted by atomic mass is 10.2. The van der Waals surface area contributed by atoms with E-state index < -0.39 is 20.2 Å². The molecule has 0 aliphatic carbocycles. The fourth-order valence-electron chi connectivity index (χ4n) is 1.40. The van der Waals surface area contributed by atoms with Gasteiger partial charge >= 0.3 is 5.51 Å². The number of nitrogens with one attached hydrogen (secondary N) is 2. The monoisotopic (exact) mass is 314 g/mol. The second kappa shape index (κ2) is 5.91. The van der Waals surface area contributed by atoms with Crippen LogP contribution in [0.25, 0.3) is 0 Å². The van der Waals surface area contributed by atoms with E-state index in [0.717, 1.165) is 12.1 Å². The van der Waals surface area contributed by atoms with Gasteiger partial charge in [0.05, 0.1) is 22.1 Å². The standard InChI is InChI=1S/C10H13F3N2O2S2/c1-2-14-8-4-3-7(5-9(8)15-6-18)19(16,17)10(11,12)13/h3-5,14-15,18H,2,6H2,1H3. The van der Waals surface area contributed by atoms with Gasteiger partial charge in [-0.2, -0.15) is 25.8 Å². The molecule has 0 unspecified atom stereocenters. The van der Waals surface area contributed by atoms with Crippen LogP contribution in [0, 0.1) is 0 Å². The minimum atomic E-state index is -5.34. The molecule has 9 heteroatoms. The summed E-state index contributed by atoms with van der Waals surface area (Å²) in [5.41, 5.74) is -4.55. The van der Waals surface area contributed by atoms with E-state index in [-0.39, 0.29) is 11.6 Å². The van der Waals surface area contributed by atoms with Gasteiger partial charge in [-0.15, -0.1) is 0 Å². The van der Waals surface area contributed by atoms with Gasteiger partial charge in [-0.1, -0.05) is 0 Å². The topological polar surface area (TPSA) is 58.2 Å². The van der Waals surface area contributed by atoms with Crippen LogP contribution in [0.4, 0.5) is 24.5 Å². The van der Waals surface area contributed by atoms with Crippen LogP contribution in [-0.4, -0.2) is 26.3 Å². The Morgan fingerprint density at radius 3 is 2.32 bits per heavy atom. The number of halogens is 3. The van der Waals surface area contributed by atoms with Crippen LogP contribution >= 0.6 is 12.6 Å². The first-order valence-corrected chi connectivity index (χ1v) is 7.39. The van der Waals surface area contributed by atoms with Crippen molar-refractivity contribution >= 4 is 33.8 Å². The predicted molar refractivity (Wildman–Crippen MR) is 71.3 cm³/mol. The van der Waals surface area contributed by atoms with E-state index in [9.17, 15) is 21.6 Å². The molecule has 19 heavy (non-hydrogen) atoms. The average Bonchev–Trinajstić information content (AvgIpc) is 2.30. The number of sulfone groups is 1. The van der Waals surface area contributed by atoms with Crippen molar-refractivity contribution in [1.29, 1.82) is 0 Å². The fourth-order valence-corrected chi connectivity index (χ4v) is 2.36. The first-order chi connectivity index (χ1) is 8.74. The first-order valence-electron chi connectivity index (χ1n) is 5.28. The number of hydrogen-bond donors (Lipinski definition) is 3. The number of rotatable bonds is 5. The number of benzene rings is 1. The van der Waals surface area contributed by atoms with Crippen molar-refractivity contribution in [2.24, 2.45) is 0 Å². The van der Waals surface area contributed by atoms with Gasteiger partial charge in [0, 0.05) is 6.54 Å². The summed E-state index contributed by atoms with van der Waals surface area (Å²) in [6.45, 7) is 2.36. The van der Waals surface area contributed by atoms with Crippen molar-refractivity contribution in [3.05, 3.63) is 18.2 Å². The molecule has 4 nitrogen and oxygen atoms in total. The summed E-state index contributed by atoms with van der Waals surface area (Å²) in [5.74, 6) is 0.161. The SMILES string of the molecule is CCNc1ccc(S(=O)(=O)C(F)(F)F)cc1NCS. The summed E-state index contributed by atoms with van der Waals surface area (Å²) >= 11 is 3.90. The van der Waals surface area contributed by atoms with E-state index in [1.807, 2.05) is 6.92 Å². The highest BCUT2D eigenvalue weighted by Gasteiger charge is 2.47. The molecule has 1 rings (SSSR count). The Labute approximate surface area is 114 Å². The molecular formula is C10H13F3N2O2S2. The van der Waals surface area contributed by atoms with Crippen LogP contribution in [0.1, 0.15) is 6.92 Å². The normalized spacial score (nSPS) is 12.3. The van der Waals surface area contributed by atoms with E-state index in [0.29, 0.717) is 12.2 Å². The zero-order valence-electron chi connectivity index (χ0n) is 9.95. The third-order valence-electron chi connectivity index (χ3n) is 2.24. The van der Waals surface area contributed by atoms with Gasteiger partial charge in [0.15, 0.2) is 0 Å². The van der Waals surface area contributed by atoms with Crippen LogP contribution in [0.5, 0.6) is 0 Å². The Kier molecular flexibility index (Phi) is 4.97. The van der Waals surface area contributed by atoms with E-state index in [1.54, 1.807) is 0 Å². The van der Waals surface area contributed by atoms with Gasteiger partial charge < -0.3 is 10.6 Å². The molecule has 0 saturated carbocycles. The molecule has 0 atom stereocenters. The number of hydrogen-bond acceptors (Lipinski definition) is 5. The minimum absolute atomic E-state index is 0.161. The van der Waals surface area contributed by atoms with Crippen molar-refractivity contribution in [3.63, 3.8) is 0 Å². The zero-order chi connectivity index (χ0) is 14.7. The van der Waals surface area contributed by atoms with Gasteiger partial charge in [-0.05, 0) is 25.1 Å². The van der Waals surface area contributed by atoms with Crippen molar-refractivity contribution in [2.45, 2.75) is 17.3 Å². The van der Waals surface area contributed by atoms with E-state index in [1.165, 1.54) is 6.07 Å². The van der Waals surface area contributed by atoms with E-state index in [4.69, 9.17) is 0 Å². The van der Waals surface area contributed by atoms with Crippen LogP contribution in [0.15, 0.2) is 23.1 Å². The largest absolute Gasteiger partial charge is 0.501 e. The van der Waals surface area contributed by atoms with E-state index >= 15 is 0 Å². The van der Waals surface area contributed by atoms with Gasteiger partial charge in [-0.3, -0.25) is 0 Å². The molecule has 0 bridgehead atoms. The smallest absolute Gasteiger partial charge is 0.384 e. The molecule has 0 saturated heterocycles. The Bertz CT molecular complexity index is 544. The van der Waals surface area contributed by atoms with Crippen LogP contribution < -0.4 is 10.6 Å². The van der Waals surface area contributed by atoms with Crippen molar-refractivity contribution in [2.75, 3.05) is 23.1 Å². The fraction of sp³-hybridized carbons (Fsp3) is 0.400. The Hall–Kier alpha value is -1.09. The molecule has 0 spiro atoms. The summed E-state index contributed by atoms with van der Waals surface area (Å²) in [6.07, 6.45) is 0. The second-order valence-corrected chi connectivity index (χ2v) is 5.78. The summed E-state index contributed by atoms with van der Waals surface area (Å²) in [7, 11) is -5.34. The molecule has 2 N–H and O–H groups in total. The molecule has 0 aliphatic heterocycles. The molecule has 1 aromatic carbocycles. The second-order valence-electron chi connectivity index (χ2n) is 3.52. The minimum Gasteiger partial charge on any atom is -0.384 e. The van der Waals surface area contributed by atoms with Crippen molar-refractivity contribution < 1.29 is 21.6 Å². The molecule has 0 heterocycles. The summed E-state index contributed by atoms with van der Waals surface area (Å²) in [6, 6.07) is 3.15. The maximum Gasteiger partial charge on any atom is 0.501 e. The van der Waals surface area contributed by atoms with Crippen LogP contribution in [0.2, 0.25) is 0 Å². The van der Waals surface area contributed by atoms with Gasteiger partial charge in [0.2, 0.25) is 0 Å². The predicted octanol–water partition coefficient (Wildman–Crippen LogP) is 2.71. The lowest BCUT2D eigenvalue weighted by Gasteiger charge is -2.14. The highest BCUT2D eigenvalue weighted by Crippen LogP contribution is 2.33. The van der Waals surface area contributed by atoms with E-state index in [2.05, 4.69) is 23.3 Å². The summed E-state index contributed by atoms with van der Waals surface area (Å²) in [5, 5.41) is 5.60. The van der Waals surface area contributed by atoms with Crippen LogP contribution in [0.3, 0.4) is 0 Å². The van der Waals surface area contributed by atoms with Gasteiger partial charge in [-0.25, -0.2) is 8.42 Å². The molecule has 0 aliphatic rings. The molecule has 0 radical (unpaired) electrons. The number of anilines is 2. The Morgan fingerprint density at radius 1 is 1.21 bits per heavy atom. The van der Waals surface area contributed by atoms with Crippen molar-refractivity contribution in [3.8, 4) is 0 Å². The molecule has 0 aromatic heterocycles. The first kappa shape index (κ1) is 16.0. The number of alkyl halides is 3. The molecule has 0 fully saturated rings. The van der Waals surface area contributed by atoms with Crippen molar-refractivity contribution in [1.82, 2.24) is 0 Å². The van der Waals surface area contributed by atoms with Gasteiger partial charge in [0.1, 0.15) is 0 Å². The maximum atomic E-state index is 12.4. The highest BCUT2D eigenvalue weighted by molar-refractivity contribution is 7.92. The Balaban J connectivity index is 3.30. The van der Waals surface area contributed by atoms with Crippen LogP contribution in [-0.2, 0) is 9.84 Å².